The molecule has 118 valence electrons. The predicted octanol–water partition coefficient (Wildman–Crippen LogP) is 2.82. The highest BCUT2D eigenvalue weighted by Gasteiger charge is 2.19. The zero-order valence-electron chi connectivity index (χ0n) is 12.4. The third kappa shape index (κ3) is 3.78. The van der Waals surface area contributed by atoms with Gasteiger partial charge in [-0.05, 0) is 47.0 Å². The maximum absolute atomic E-state index is 9.61. The summed E-state index contributed by atoms with van der Waals surface area (Å²) in [5.41, 5.74) is 2.27. The zero-order valence-corrected chi connectivity index (χ0v) is 14.0. The fourth-order valence-electron chi connectivity index (χ4n) is 2.59. The first-order chi connectivity index (χ1) is 11.2. The van der Waals surface area contributed by atoms with E-state index in [9.17, 15) is 10.4 Å². The Labute approximate surface area is 142 Å². The lowest BCUT2D eigenvalue weighted by atomic mass is 10.1. The Morgan fingerprint density at radius 2 is 1.96 bits per heavy atom. The number of aliphatic hydroxyl groups excluding tert-OH is 1. The highest BCUT2D eigenvalue weighted by molar-refractivity contribution is 9.10. The number of rotatable bonds is 3. The van der Waals surface area contributed by atoms with Crippen LogP contribution in [0, 0.1) is 11.3 Å². The molecule has 23 heavy (non-hydrogen) atoms. The molecular formula is C16H16BrN5O. The van der Waals surface area contributed by atoms with E-state index < -0.39 is 0 Å². The highest BCUT2D eigenvalue weighted by Crippen LogP contribution is 2.27. The predicted molar refractivity (Wildman–Crippen MR) is 91.6 cm³/mol. The summed E-state index contributed by atoms with van der Waals surface area (Å²) in [5.74, 6) is 0.478. The van der Waals surface area contributed by atoms with Gasteiger partial charge in [0.05, 0.1) is 21.8 Å². The molecule has 0 aliphatic carbocycles. The van der Waals surface area contributed by atoms with Crippen LogP contribution in [0.1, 0.15) is 18.4 Å². The Hall–Kier alpha value is -2.17. The quantitative estimate of drug-likeness (QED) is 0.860. The highest BCUT2D eigenvalue weighted by atomic mass is 79.9. The van der Waals surface area contributed by atoms with Crippen molar-refractivity contribution in [3.05, 3.63) is 40.6 Å². The molecule has 0 bridgehead atoms. The standard InChI is InChI=1S/C16H16BrN5O/c17-12-9-19-16(20-10-12)21-13-1-2-15(11(7-13)8-18)22-5-3-14(23)4-6-22/h1-2,7,9-10,14,23H,3-6H2,(H,19,20,21). The van der Waals surface area contributed by atoms with E-state index in [2.05, 4.69) is 42.2 Å². The number of aromatic nitrogens is 2. The van der Waals surface area contributed by atoms with Crippen molar-refractivity contribution in [2.75, 3.05) is 23.3 Å². The zero-order chi connectivity index (χ0) is 16.2. The number of nitrogens with one attached hydrogen (secondary N) is 1. The van der Waals surface area contributed by atoms with Crippen molar-refractivity contribution in [1.82, 2.24) is 9.97 Å². The number of benzene rings is 1. The lowest BCUT2D eigenvalue weighted by Gasteiger charge is -2.32. The van der Waals surface area contributed by atoms with Crippen LogP contribution in [-0.4, -0.2) is 34.3 Å². The maximum atomic E-state index is 9.61. The minimum absolute atomic E-state index is 0.229. The van der Waals surface area contributed by atoms with Gasteiger partial charge in [0.15, 0.2) is 0 Å². The Balaban J connectivity index is 1.79. The van der Waals surface area contributed by atoms with Crippen LogP contribution in [0.5, 0.6) is 0 Å². The molecule has 1 aromatic carbocycles. The van der Waals surface area contributed by atoms with E-state index in [0.29, 0.717) is 11.5 Å². The molecule has 0 radical (unpaired) electrons. The number of nitrogens with zero attached hydrogens (tertiary/aromatic N) is 4. The van der Waals surface area contributed by atoms with Crippen molar-refractivity contribution >= 4 is 33.3 Å². The van der Waals surface area contributed by atoms with Crippen LogP contribution < -0.4 is 10.2 Å². The molecule has 0 atom stereocenters. The van der Waals surface area contributed by atoms with Crippen LogP contribution in [0.25, 0.3) is 0 Å². The van der Waals surface area contributed by atoms with Gasteiger partial charge in [-0.15, -0.1) is 0 Å². The molecule has 1 aromatic heterocycles. The second kappa shape index (κ2) is 6.94. The molecule has 1 aliphatic heterocycles. The average Bonchev–Trinajstić information content (AvgIpc) is 2.58. The summed E-state index contributed by atoms with van der Waals surface area (Å²) in [6.07, 6.45) is 4.56. The summed E-state index contributed by atoms with van der Waals surface area (Å²) in [6, 6.07) is 7.88. The molecule has 2 aromatic rings. The van der Waals surface area contributed by atoms with Gasteiger partial charge in [-0.25, -0.2) is 9.97 Å². The van der Waals surface area contributed by atoms with Crippen LogP contribution in [0.4, 0.5) is 17.3 Å². The van der Waals surface area contributed by atoms with E-state index in [1.807, 2.05) is 12.1 Å². The van der Waals surface area contributed by atoms with Crippen LogP contribution in [0.15, 0.2) is 35.1 Å². The second-order valence-electron chi connectivity index (χ2n) is 5.41. The molecule has 1 aliphatic rings. The van der Waals surface area contributed by atoms with Gasteiger partial charge in [0.25, 0.3) is 0 Å². The van der Waals surface area contributed by atoms with Gasteiger partial charge in [0, 0.05) is 31.2 Å². The van der Waals surface area contributed by atoms with Crippen molar-refractivity contribution in [3.63, 3.8) is 0 Å². The number of nitriles is 1. The van der Waals surface area contributed by atoms with E-state index in [0.717, 1.165) is 41.8 Å². The Morgan fingerprint density at radius 1 is 1.26 bits per heavy atom. The number of piperidine rings is 1. The smallest absolute Gasteiger partial charge is 0.227 e. The van der Waals surface area contributed by atoms with Crippen LogP contribution in [-0.2, 0) is 0 Å². The molecule has 0 unspecified atom stereocenters. The Morgan fingerprint density at radius 3 is 2.61 bits per heavy atom. The molecule has 3 rings (SSSR count). The molecule has 7 heteroatoms. The van der Waals surface area contributed by atoms with Crippen LogP contribution >= 0.6 is 15.9 Å². The number of anilines is 3. The van der Waals surface area contributed by atoms with Crippen molar-refractivity contribution in [2.45, 2.75) is 18.9 Å². The van der Waals surface area contributed by atoms with Crippen molar-refractivity contribution in [3.8, 4) is 6.07 Å². The fourth-order valence-corrected chi connectivity index (χ4v) is 2.80. The lowest BCUT2D eigenvalue weighted by molar-refractivity contribution is 0.145. The number of aliphatic hydroxyl groups is 1. The van der Waals surface area contributed by atoms with Gasteiger partial charge >= 0.3 is 0 Å². The summed E-state index contributed by atoms with van der Waals surface area (Å²) in [4.78, 5) is 10.5. The summed E-state index contributed by atoms with van der Waals surface area (Å²) in [6.45, 7) is 1.52. The van der Waals surface area contributed by atoms with Gasteiger partial charge in [0.2, 0.25) is 5.95 Å². The molecular weight excluding hydrogens is 358 g/mol. The van der Waals surface area contributed by atoms with Crippen LogP contribution in [0.2, 0.25) is 0 Å². The largest absolute Gasteiger partial charge is 0.393 e. The minimum Gasteiger partial charge on any atom is -0.393 e. The molecule has 1 saturated heterocycles. The van der Waals surface area contributed by atoms with Gasteiger partial charge in [-0.2, -0.15) is 5.26 Å². The molecule has 0 saturated carbocycles. The number of hydrogen-bond acceptors (Lipinski definition) is 6. The average molecular weight is 374 g/mol. The van der Waals surface area contributed by atoms with Gasteiger partial charge in [0.1, 0.15) is 6.07 Å². The Bertz CT molecular complexity index is 720. The van der Waals surface area contributed by atoms with Gasteiger partial charge < -0.3 is 15.3 Å². The van der Waals surface area contributed by atoms with E-state index >= 15 is 0 Å². The third-order valence-corrected chi connectivity index (χ3v) is 4.21. The van der Waals surface area contributed by atoms with E-state index in [1.54, 1.807) is 18.5 Å². The van der Waals surface area contributed by atoms with Gasteiger partial charge in [-0.1, -0.05) is 0 Å². The topological polar surface area (TPSA) is 85.1 Å². The Kier molecular flexibility index (Phi) is 4.74. The third-order valence-electron chi connectivity index (χ3n) is 3.80. The summed E-state index contributed by atoms with van der Waals surface area (Å²) in [5, 5.41) is 22.1. The van der Waals surface area contributed by atoms with Crippen molar-refractivity contribution in [2.24, 2.45) is 0 Å². The fraction of sp³-hybridized carbons (Fsp3) is 0.312. The lowest BCUT2D eigenvalue weighted by Crippen LogP contribution is -2.36. The minimum atomic E-state index is -0.229. The van der Waals surface area contributed by atoms with Crippen molar-refractivity contribution in [1.29, 1.82) is 5.26 Å². The molecule has 2 N–H and O–H groups in total. The first-order valence-corrected chi connectivity index (χ1v) is 8.17. The molecule has 0 amide bonds. The molecule has 0 spiro atoms. The van der Waals surface area contributed by atoms with E-state index in [1.165, 1.54) is 0 Å². The maximum Gasteiger partial charge on any atom is 0.227 e. The van der Waals surface area contributed by atoms with E-state index in [4.69, 9.17) is 0 Å². The first kappa shape index (κ1) is 15.7. The molecule has 1 fully saturated rings. The summed E-state index contributed by atoms with van der Waals surface area (Å²) >= 11 is 3.29. The molecule has 6 nitrogen and oxygen atoms in total. The number of halogens is 1. The summed E-state index contributed by atoms with van der Waals surface area (Å²) in [7, 11) is 0. The van der Waals surface area contributed by atoms with E-state index in [-0.39, 0.29) is 6.10 Å². The number of hydrogen-bond donors (Lipinski definition) is 2. The molecule has 2 heterocycles. The first-order valence-electron chi connectivity index (χ1n) is 7.37. The van der Waals surface area contributed by atoms with Crippen molar-refractivity contribution < 1.29 is 5.11 Å². The SMILES string of the molecule is N#Cc1cc(Nc2ncc(Br)cn2)ccc1N1CCC(O)CC1. The van der Waals surface area contributed by atoms with Crippen LogP contribution in [0.3, 0.4) is 0 Å². The second-order valence-corrected chi connectivity index (χ2v) is 6.33. The normalized spacial score (nSPS) is 15.3. The summed E-state index contributed by atoms with van der Waals surface area (Å²) < 4.78 is 0.809. The monoisotopic (exact) mass is 373 g/mol. The van der Waals surface area contributed by atoms with Gasteiger partial charge in [-0.3, -0.25) is 0 Å².